The van der Waals surface area contributed by atoms with Crippen molar-refractivity contribution >= 4 is 35.4 Å². The third-order valence-electron chi connectivity index (χ3n) is 8.16. The summed E-state index contributed by atoms with van der Waals surface area (Å²) in [6.07, 6.45) is 2.26. The van der Waals surface area contributed by atoms with E-state index in [-0.39, 0.29) is 23.8 Å². The summed E-state index contributed by atoms with van der Waals surface area (Å²) in [6.45, 7) is 11.0. The number of piperazine rings is 1. The largest absolute Gasteiger partial charge is 0.358 e. The Kier molecular flexibility index (Phi) is 8.72. The number of carbonyl (C=O) groups is 3. The third kappa shape index (κ3) is 6.14. The molecule has 1 N–H and O–H groups in total. The van der Waals surface area contributed by atoms with E-state index in [1.165, 1.54) is 0 Å². The average molecular weight is 579 g/mol. The highest BCUT2D eigenvalue weighted by molar-refractivity contribution is 7.13. The number of carbonyl (C=O) groups excluding carboxylic acids is 3. The standard InChI is InChI=1S/C30H38N6O4S/c1-19(2)27(25-16-26(33-40-25)35-14-12-34(18-37)13-15-35)30(39)36-11-5-6-24(36)29(38)32-20(3)22-7-9-23(10-8-22)28-21(4)31-17-41-28/h7-10,16-20,24,27H,5-6,11-15H2,1-4H3,(H,32,38). The summed E-state index contributed by atoms with van der Waals surface area (Å²) >= 11 is 1.61. The van der Waals surface area contributed by atoms with E-state index >= 15 is 0 Å². The van der Waals surface area contributed by atoms with Crippen LogP contribution in [-0.2, 0) is 14.4 Å². The van der Waals surface area contributed by atoms with Gasteiger partial charge < -0.3 is 24.5 Å². The van der Waals surface area contributed by atoms with Gasteiger partial charge in [0.1, 0.15) is 12.0 Å². The first-order valence-electron chi connectivity index (χ1n) is 14.3. The van der Waals surface area contributed by atoms with Crippen molar-refractivity contribution in [3.8, 4) is 10.4 Å². The van der Waals surface area contributed by atoms with Gasteiger partial charge in [-0.2, -0.15) is 0 Å². The summed E-state index contributed by atoms with van der Waals surface area (Å²) < 4.78 is 5.71. The van der Waals surface area contributed by atoms with Gasteiger partial charge in [0.25, 0.3) is 0 Å². The number of amides is 3. The molecule has 0 radical (unpaired) electrons. The number of hydrogen-bond donors (Lipinski definition) is 1. The molecule has 3 unspecified atom stereocenters. The summed E-state index contributed by atoms with van der Waals surface area (Å²) in [7, 11) is 0. The SMILES string of the molecule is Cc1ncsc1-c1ccc(C(C)NC(=O)C2CCCN2C(=O)C(c2cc(N3CCN(C=O)CC3)no2)C(C)C)cc1. The zero-order valence-corrected chi connectivity index (χ0v) is 24.9. The van der Waals surface area contributed by atoms with Crippen molar-refractivity contribution in [3.05, 3.63) is 52.9 Å². The molecule has 3 atom stereocenters. The Morgan fingerprint density at radius 2 is 1.83 bits per heavy atom. The van der Waals surface area contributed by atoms with Gasteiger partial charge in [-0.3, -0.25) is 14.4 Å². The molecule has 3 aromatic rings. The van der Waals surface area contributed by atoms with E-state index in [0.29, 0.717) is 50.7 Å². The van der Waals surface area contributed by atoms with Crippen LogP contribution in [-0.4, -0.2) is 76.9 Å². The minimum atomic E-state index is -0.541. The summed E-state index contributed by atoms with van der Waals surface area (Å²) in [5.41, 5.74) is 4.97. The molecule has 2 fully saturated rings. The number of nitrogens with zero attached hydrogens (tertiary/aromatic N) is 5. The normalized spacial score (nSPS) is 19.0. The molecular formula is C30H38N6O4S. The van der Waals surface area contributed by atoms with Gasteiger partial charge in [0.05, 0.1) is 22.1 Å². The van der Waals surface area contributed by atoms with Crippen molar-refractivity contribution in [2.24, 2.45) is 5.92 Å². The molecule has 0 bridgehead atoms. The molecule has 0 aliphatic carbocycles. The second-order valence-corrected chi connectivity index (χ2v) is 12.1. The van der Waals surface area contributed by atoms with Crippen LogP contribution < -0.4 is 10.2 Å². The zero-order valence-electron chi connectivity index (χ0n) is 24.1. The Hall–Kier alpha value is -3.73. The Bertz CT molecular complexity index is 1360. The molecule has 2 aliphatic heterocycles. The molecule has 218 valence electrons. The number of hydrogen-bond acceptors (Lipinski definition) is 8. The molecule has 3 amide bonds. The van der Waals surface area contributed by atoms with Gasteiger partial charge in [0.15, 0.2) is 11.6 Å². The van der Waals surface area contributed by atoms with E-state index in [0.717, 1.165) is 34.5 Å². The molecule has 41 heavy (non-hydrogen) atoms. The van der Waals surface area contributed by atoms with Crippen LogP contribution in [0, 0.1) is 12.8 Å². The number of thiazole rings is 1. The fourth-order valence-electron chi connectivity index (χ4n) is 5.74. The van der Waals surface area contributed by atoms with Gasteiger partial charge in [-0.1, -0.05) is 43.3 Å². The van der Waals surface area contributed by atoms with Crippen LogP contribution >= 0.6 is 11.3 Å². The maximum absolute atomic E-state index is 13.9. The van der Waals surface area contributed by atoms with Crippen LogP contribution in [0.5, 0.6) is 0 Å². The zero-order chi connectivity index (χ0) is 29.1. The minimum Gasteiger partial charge on any atom is -0.358 e. The first kappa shape index (κ1) is 28.8. The second-order valence-electron chi connectivity index (χ2n) is 11.2. The molecule has 4 heterocycles. The Morgan fingerprint density at radius 3 is 2.46 bits per heavy atom. The molecule has 2 aliphatic rings. The lowest BCUT2D eigenvalue weighted by molar-refractivity contribution is -0.141. The number of benzene rings is 1. The van der Waals surface area contributed by atoms with E-state index in [2.05, 4.69) is 32.5 Å². The fourth-order valence-corrected chi connectivity index (χ4v) is 6.56. The Balaban J connectivity index is 1.24. The van der Waals surface area contributed by atoms with Crippen LogP contribution in [0.4, 0.5) is 5.82 Å². The van der Waals surface area contributed by atoms with E-state index in [1.54, 1.807) is 21.1 Å². The number of nitrogens with one attached hydrogen (secondary N) is 1. The molecule has 11 heteroatoms. The lowest BCUT2D eigenvalue weighted by atomic mass is 9.91. The Morgan fingerprint density at radius 1 is 1.10 bits per heavy atom. The van der Waals surface area contributed by atoms with Crippen molar-refractivity contribution in [2.75, 3.05) is 37.6 Å². The second kappa shape index (κ2) is 12.4. The highest BCUT2D eigenvalue weighted by Gasteiger charge is 2.40. The molecule has 0 saturated carbocycles. The Labute approximate surface area is 244 Å². The minimum absolute atomic E-state index is 0.0425. The van der Waals surface area contributed by atoms with Gasteiger partial charge in [-0.25, -0.2) is 4.98 Å². The third-order valence-corrected chi connectivity index (χ3v) is 9.14. The van der Waals surface area contributed by atoms with E-state index < -0.39 is 12.0 Å². The van der Waals surface area contributed by atoms with E-state index in [1.807, 2.05) is 51.4 Å². The molecule has 5 rings (SSSR count). The lowest BCUT2D eigenvalue weighted by Crippen LogP contribution is -2.48. The van der Waals surface area contributed by atoms with Crippen LogP contribution in [0.2, 0.25) is 0 Å². The van der Waals surface area contributed by atoms with Gasteiger partial charge in [0.2, 0.25) is 18.2 Å². The predicted molar refractivity (Wildman–Crippen MR) is 158 cm³/mol. The van der Waals surface area contributed by atoms with Crippen LogP contribution in [0.25, 0.3) is 10.4 Å². The summed E-state index contributed by atoms with van der Waals surface area (Å²) in [4.78, 5) is 49.4. The highest BCUT2D eigenvalue weighted by Crippen LogP contribution is 2.33. The van der Waals surface area contributed by atoms with E-state index in [9.17, 15) is 14.4 Å². The van der Waals surface area contributed by atoms with Gasteiger partial charge in [-0.15, -0.1) is 11.3 Å². The first-order chi connectivity index (χ1) is 19.8. The fraction of sp³-hybridized carbons (Fsp3) is 0.500. The molecule has 1 aromatic carbocycles. The number of anilines is 1. The van der Waals surface area contributed by atoms with Crippen LogP contribution in [0.15, 0.2) is 40.4 Å². The van der Waals surface area contributed by atoms with Crippen molar-refractivity contribution < 1.29 is 18.9 Å². The number of aryl methyl sites for hydroxylation is 1. The van der Waals surface area contributed by atoms with Gasteiger partial charge in [0, 0.05) is 38.8 Å². The van der Waals surface area contributed by atoms with Crippen LogP contribution in [0.3, 0.4) is 0 Å². The average Bonchev–Trinajstić information content (AvgIpc) is 3.74. The summed E-state index contributed by atoms with van der Waals surface area (Å²) in [5, 5.41) is 7.39. The first-order valence-corrected chi connectivity index (χ1v) is 15.2. The summed E-state index contributed by atoms with van der Waals surface area (Å²) in [6, 6.07) is 9.30. The van der Waals surface area contributed by atoms with Gasteiger partial charge in [-0.05, 0) is 43.7 Å². The number of aromatic nitrogens is 2. The van der Waals surface area contributed by atoms with Crippen LogP contribution in [0.1, 0.15) is 62.6 Å². The number of likely N-dealkylation sites (tertiary alicyclic amines) is 1. The van der Waals surface area contributed by atoms with Crippen molar-refractivity contribution in [2.45, 2.75) is 58.5 Å². The maximum atomic E-state index is 13.9. The van der Waals surface area contributed by atoms with E-state index in [4.69, 9.17) is 4.52 Å². The van der Waals surface area contributed by atoms with Crippen molar-refractivity contribution in [1.29, 1.82) is 0 Å². The quantitative estimate of drug-likeness (QED) is 0.382. The number of rotatable bonds is 9. The molecule has 0 spiro atoms. The lowest BCUT2D eigenvalue weighted by Gasteiger charge is -2.32. The summed E-state index contributed by atoms with van der Waals surface area (Å²) in [5.74, 6) is 0.349. The molecule has 2 saturated heterocycles. The molecule has 10 nitrogen and oxygen atoms in total. The van der Waals surface area contributed by atoms with Crippen molar-refractivity contribution in [1.82, 2.24) is 25.3 Å². The predicted octanol–water partition coefficient (Wildman–Crippen LogP) is 3.99. The van der Waals surface area contributed by atoms with Crippen molar-refractivity contribution in [3.63, 3.8) is 0 Å². The maximum Gasteiger partial charge on any atom is 0.243 e. The monoisotopic (exact) mass is 578 g/mol. The molecular weight excluding hydrogens is 540 g/mol. The molecule has 2 aromatic heterocycles. The smallest absolute Gasteiger partial charge is 0.243 e. The van der Waals surface area contributed by atoms with Gasteiger partial charge >= 0.3 is 0 Å². The highest BCUT2D eigenvalue weighted by atomic mass is 32.1. The topological polar surface area (TPSA) is 112 Å².